The number of amides is 1. The Kier molecular flexibility index (Phi) is 3.97. The van der Waals surface area contributed by atoms with Crippen LogP contribution < -0.4 is 4.74 Å². The van der Waals surface area contributed by atoms with Gasteiger partial charge in [0, 0.05) is 12.8 Å². The first-order valence-electron chi connectivity index (χ1n) is 5.95. The Morgan fingerprint density at radius 2 is 2.25 bits per heavy atom. The van der Waals surface area contributed by atoms with E-state index in [9.17, 15) is 14.0 Å². The number of benzene rings is 1. The molecule has 1 aliphatic rings. The highest BCUT2D eigenvalue weighted by Gasteiger charge is 2.24. The molecule has 1 aromatic rings. The maximum absolute atomic E-state index is 13.5. The van der Waals surface area contributed by atoms with Gasteiger partial charge < -0.3 is 9.84 Å². The zero-order valence-electron chi connectivity index (χ0n) is 10.8. The Balaban J connectivity index is 2.19. The predicted molar refractivity (Wildman–Crippen MR) is 67.8 cm³/mol. The summed E-state index contributed by atoms with van der Waals surface area (Å²) in [6.07, 6.45) is 0.200. The molecule has 1 heterocycles. The summed E-state index contributed by atoms with van der Waals surface area (Å²) in [6, 6.07) is 4.28. The number of methoxy groups -OCH3 is 1. The predicted octanol–water partition coefficient (Wildman–Crippen LogP) is 1.40. The summed E-state index contributed by atoms with van der Waals surface area (Å²) >= 11 is 0. The van der Waals surface area contributed by atoms with Crippen molar-refractivity contribution in [3.63, 3.8) is 0 Å². The minimum atomic E-state index is -1.15. The summed E-state index contributed by atoms with van der Waals surface area (Å²) in [6.45, 7) is 0.0243. The van der Waals surface area contributed by atoms with E-state index in [4.69, 9.17) is 9.84 Å². The lowest BCUT2D eigenvalue weighted by atomic mass is 10.1. The average molecular weight is 280 g/mol. The number of carbonyl (C=O) groups is 2. The number of carbonyl (C=O) groups excluding carboxylic acids is 1. The van der Waals surface area contributed by atoms with Gasteiger partial charge in [0.2, 0.25) is 5.91 Å². The highest BCUT2D eigenvalue weighted by Crippen LogP contribution is 2.20. The molecule has 0 unspecified atom stereocenters. The second kappa shape index (κ2) is 5.68. The summed E-state index contributed by atoms with van der Waals surface area (Å²) < 4.78 is 18.3. The van der Waals surface area contributed by atoms with Gasteiger partial charge in [0.05, 0.1) is 13.7 Å². The van der Waals surface area contributed by atoms with E-state index in [1.807, 2.05) is 0 Å². The highest BCUT2D eigenvalue weighted by molar-refractivity contribution is 6.36. The smallest absolute Gasteiger partial charge is 0.352 e. The fourth-order valence-electron chi connectivity index (χ4n) is 1.86. The number of rotatable bonds is 4. The lowest BCUT2D eigenvalue weighted by Crippen LogP contribution is -2.33. The first kappa shape index (κ1) is 14.0. The van der Waals surface area contributed by atoms with Crippen LogP contribution in [-0.2, 0) is 16.1 Å². The largest absolute Gasteiger partial charge is 0.494 e. The lowest BCUT2D eigenvalue weighted by Gasteiger charge is -2.22. The number of nitrogens with zero attached hydrogens (tertiary/aromatic N) is 2. The maximum Gasteiger partial charge on any atom is 0.352 e. The van der Waals surface area contributed by atoms with Crippen molar-refractivity contribution >= 4 is 17.6 Å². The normalized spacial score (nSPS) is 15.0. The molecular weight excluding hydrogens is 267 g/mol. The third-order valence-electron chi connectivity index (χ3n) is 2.90. The number of hydrazone groups is 1. The van der Waals surface area contributed by atoms with E-state index in [1.54, 1.807) is 6.07 Å². The van der Waals surface area contributed by atoms with Crippen LogP contribution in [0.2, 0.25) is 0 Å². The van der Waals surface area contributed by atoms with Crippen LogP contribution in [0.15, 0.2) is 23.3 Å². The summed E-state index contributed by atoms with van der Waals surface area (Å²) in [7, 11) is 1.36. The SMILES string of the molecule is COc1ccc(CN2N=C(C(=O)O)CCC2=O)cc1F. The first-order valence-corrected chi connectivity index (χ1v) is 5.95. The summed E-state index contributed by atoms with van der Waals surface area (Å²) in [5.41, 5.74) is 0.436. The van der Waals surface area contributed by atoms with Gasteiger partial charge in [-0.1, -0.05) is 6.07 Å². The molecule has 0 spiro atoms. The van der Waals surface area contributed by atoms with Crippen molar-refractivity contribution in [1.29, 1.82) is 0 Å². The fraction of sp³-hybridized carbons (Fsp3) is 0.308. The quantitative estimate of drug-likeness (QED) is 0.904. The fourth-order valence-corrected chi connectivity index (χ4v) is 1.86. The summed E-state index contributed by atoms with van der Waals surface area (Å²) in [4.78, 5) is 22.5. The minimum absolute atomic E-state index is 0.0243. The summed E-state index contributed by atoms with van der Waals surface area (Å²) in [5, 5.41) is 13.7. The second-order valence-electron chi connectivity index (χ2n) is 4.27. The van der Waals surface area contributed by atoms with Crippen LogP contribution in [0.5, 0.6) is 5.75 Å². The van der Waals surface area contributed by atoms with Crippen LogP contribution in [0.25, 0.3) is 0 Å². The molecule has 0 aromatic heterocycles. The molecule has 0 bridgehead atoms. The number of ether oxygens (including phenoxy) is 1. The number of carboxylic acid groups (broad SMARTS) is 1. The van der Waals surface area contributed by atoms with Gasteiger partial charge in [-0.3, -0.25) is 4.79 Å². The molecular formula is C13H13FN2O4. The first-order chi connectivity index (χ1) is 9.51. The molecule has 0 radical (unpaired) electrons. The Morgan fingerprint density at radius 1 is 1.50 bits per heavy atom. The number of aliphatic carboxylic acids is 1. The van der Waals surface area contributed by atoms with Crippen molar-refractivity contribution in [2.45, 2.75) is 19.4 Å². The van der Waals surface area contributed by atoms with Gasteiger partial charge in [0.1, 0.15) is 5.71 Å². The molecule has 0 aliphatic carbocycles. The van der Waals surface area contributed by atoms with Gasteiger partial charge in [-0.05, 0) is 17.7 Å². The van der Waals surface area contributed by atoms with Crippen LogP contribution in [0, 0.1) is 5.82 Å². The van der Waals surface area contributed by atoms with E-state index in [0.29, 0.717) is 5.56 Å². The van der Waals surface area contributed by atoms with Crippen LogP contribution in [0.1, 0.15) is 18.4 Å². The molecule has 106 valence electrons. The van der Waals surface area contributed by atoms with Crippen LogP contribution in [-0.4, -0.2) is 34.8 Å². The van der Waals surface area contributed by atoms with Gasteiger partial charge in [-0.25, -0.2) is 14.2 Å². The monoisotopic (exact) mass is 280 g/mol. The Bertz CT molecular complexity index is 586. The zero-order valence-corrected chi connectivity index (χ0v) is 10.8. The molecule has 1 aromatic carbocycles. The van der Waals surface area contributed by atoms with E-state index in [1.165, 1.54) is 19.2 Å². The lowest BCUT2D eigenvalue weighted by molar-refractivity contribution is -0.133. The van der Waals surface area contributed by atoms with E-state index < -0.39 is 11.8 Å². The molecule has 1 amide bonds. The van der Waals surface area contributed by atoms with Crippen molar-refractivity contribution in [2.75, 3.05) is 7.11 Å². The van der Waals surface area contributed by atoms with Crippen molar-refractivity contribution < 1.29 is 23.8 Å². The third kappa shape index (κ3) is 2.93. The Labute approximate surface area is 114 Å². The van der Waals surface area contributed by atoms with Crippen LogP contribution in [0.3, 0.4) is 0 Å². The molecule has 0 atom stereocenters. The van der Waals surface area contributed by atoms with Crippen LogP contribution >= 0.6 is 0 Å². The molecule has 0 saturated carbocycles. The van der Waals surface area contributed by atoms with Crippen molar-refractivity contribution in [1.82, 2.24) is 5.01 Å². The van der Waals surface area contributed by atoms with Gasteiger partial charge in [0.25, 0.3) is 0 Å². The van der Waals surface area contributed by atoms with Crippen LogP contribution in [0.4, 0.5) is 4.39 Å². The molecule has 6 nitrogen and oxygen atoms in total. The number of carboxylic acids is 1. The average Bonchev–Trinajstić information content (AvgIpc) is 2.41. The molecule has 7 heteroatoms. The maximum atomic E-state index is 13.5. The zero-order chi connectivity index (χ0) is 14.7. The second-order valence-corrected chi connectivity index (χ2v) is 4.27. The summed E-state index contributed by atoms with van der Waals surface area (Å²) in [5.74, 6) is -1.88. The standard InChI is InChI=1S/C13H13FN2O4/c1-20-11-4-2-8(6-9(11)14)7-16-12(17)5-3-10(15-16)13(18)19/h2,4,6H,3,5,7H2,1H3,(H,18,19). The van der Waals surface area contributed by atoms with Gasteiger partial charge in [0.15, 0.2) is 11.6 Å². The molecule has 1 N–H and O–H groups in total. The minimum Gasteiger partial charge on any atom is -0.494 e. The Morgan fingerprint density at radius 3 is 2.85 bits per heavy atom. The van der Waals surface area contributed by atoms with E-state index >= 15 is 0 Å². The van der Waals surface area contributed by atoms with E-state index in [2.05, 4.69) is 5.10 Å². The molecule has 20 heavy (non-hydrogen) atoms. The molecule has 2 rings (SSSR count). The molecule has 1 aliphatic heterocycles. The van der Waals surface area contributed by atoms with E-state index in [-0.39, 0.29) is 36.8 Å². The third-order valence-corrected chi connectivity index (χ3v) is 2.90. The topological polar surface area (TPSA) is 79.2 Å². The van der Waals surface area contributed by atoms with Gasteiger partial charge >= 0.3 is 5.97 Å². The number of hydrogen-bond donors (Lipinski definition) is 1. The van der Waals surface area contributed by atoms with Gasteiger partial charge in [-0.15, -0.1) is 0 Å². The van der Waals surface area contributed by atoms with E-state index in [0.717, 1.165) is 5.01 Å². The van der Waals surface area contributed by atoms with Crippen molar-refractivity contribution in [2.24, 2.45) is 5.10 Å². The number of halogens is 1. The molecule has 0 fully saturated rings. The molecule has 0 saturated heterocycles. The Hall–Kier alpha value is -2.44. The van der Waals surface area contributed by atoms with Crippen molar-refractivity contribution in [3.05, 3.63) is 29.6 Å². The van der Waals surface area contributed by atoms with Gasteiger partial charge in [-0.2, -0.15) is 5.10 Å². The highest BCUT2D eigenvalue weighted by atomic mass is 19.1. The number of hydrogen-bond acceptors (Lipinski definition) is 4. The van der Waals surface area contributed by atoms with Crippen molar-refractivity contribution in [3.8, 4) is 5.75 Å².